The Bertz CT molecular complexity index is 1300. The van der Waals surface area contributed by atoms with Gasteiger partial charge in [0.1, 0.15) is 0 Å². The van der Waals surface area contributed by atoms with Crippen molar-refractivity contribution in [2.45, 2.75) is 25.9 Å². The maximum absolute atomic E-state index is 8.67. The SMILES string of the molecule is Cc1[nH]nc2c1/C=C/c1[nH]nc3ccc(cc13)-c1cnn(C)c1OCCCO2.OC1CCNC1. The largest absolute Gasteiger partial charge is 0.477 e. The number of aromatic amines is 2. The van der Waals surface area contributed by atoms with Crippen molar-refractivity contribution in [3.63, 3.8) is 0 Å². The zero-order valence-electron chi connectivity index (χ0n) is 19.3. The summed E-state index contributed by atoms with van der Waals surface area (Å²) in [7, 11) is 1.88. The molecule has 0 spiro atoms. The van der Waals surface area contributed by atoms with Gasteiger partial charge in [-0.05, 0) is 49.7 Å². The minimum absolute atomic E-state index is 0.0648. The lowest BCUT2D eigenvalue weighted by Crippen LogP contribution is -2.11. The predicted molar refractivity (Wildman–Crippen MR) is 130 cm³/mol. The highest BCUT2D eigenvalue weighted by molar-refractivity contribution is 5.93. The number of fused-ring (bicyclic) bond motifs is 4. The van der Waals surface area contributed by atoms with Crippen LogP contribution >= 0.6 is 0 Å². The number of nitrogens with one attached hydrogen (secondary N) is 3. The molecule has 0 radical (unpaired) electrons. The van der Waals surface area contributed by atoms with E-state index in [9.17, 15) is 0 Å². The molecule has 10 nitrogen and oxygen atoms in total. The summed E-state index contributed by atoms with van der Waals surface area (Å²) in [6.07, 6.45) is 7.44. The molecule has 178 valence electrons. The number of aryl methyl sites for hydroxylation is 2. The maximum Gasteiger partial charge on any atom is 0.240 e. The van der Waals surface area contributed by atoms with Crippen LogP contribution in [0.2, 0.25) is 0 Å². The summed E-state index contributed by atoms with van der Waals surface area (Å²) >= 11 is 0. The van der Waals surface area contributed by atoms with Crippen molar-refractivity contribution in [1.29, 1.82) is 0 Å². The molecule has 2 aliphatic rings. The molecule has 0 saturated carbocycles. The second-order valence-corrected chi connectivity index (χ2v) is 8.45. The molecule has 1 saturated heterocycles. The molecule has 2 aliphatic heterocycles. The van der Waals surface area contributed by atoms with Crippen LogP contribution in [0.1, 0.15) is 29.8 Å². The summed E-state index contributed by atoms with van der Waals surface area (Å²) < 4.78 is 13.6. The van der Waals surface area contributed by atoms with Crippen LogP contribution < -0.4 is 14.8 Å². The van der Waals surface area contributed by atoms with Crippen LogP contribution in [0.15, 0.2) is 24.4 Å². The number of aliphatic hydroxyl groups excluding tert-OH is 1. The fourth-order valence-corrected chi connectivity index (χ4v) is 4.04. The summed E-state index contributed by atoms with van der Waals surface area (Å²) in [5.74, 6) is 1.33. The summed E-state index contributed by atoms with van der Waals surface area (Å²) in [6.45, 7) is 4.80. The van der Waals surface area contributed by atoms with E-state index in [1.54, 1.807) is 4.68 Å². The number of H-pyrrole nitrogens is 2. The minimum Gasteiger partial charge on any atom is -0.477 e. The number of aliphatic hydroxyl groups is 1. The number of rotatable bonds is 0. The predicted octanol–water partition coefficient (Wildman–Crippen LogP) is 2.67. The zero-order chi connectivity index (χ0) is 23.5. The van der Waals surface area contributed by atoms with Crippen LogP contribution in [0.3, 0.4) is 0 Å². The van der Waals surface area contributed by atoms with Gasteiger partial charge in [-0.2, -0.15) is 10.2 Å². The highest BCUT2D eigenvalue weighted by atomic mass is 16.5. The molecule has 6 rings (SSSR count). The zero-order valence-corrected chi connectivity index (χ0v) is 19.3. The number of benzene rings is 1. The van der Waals surface area contributed by atoms with Crippen LogP contribution in [0.25, 0.3) is 34.2 Å². The molecule has 34 heavy (non-hydrogen) atoms. The van der Waals surface area contributed by atoms with E-state index in [-0.39, 0.29) is 6.10 Å². The fourth-order valence-electron chi connectivity index (χ4n) is 4.04. The molecule has 1 atom stereocenters. The lowest BCUT2D eigenvalue weighted by Gasteiger charge is -2.09. The van der Waals surface area contributed by atoms with Crippen LogP contribution in [0.5, 0.6) is 11.8 Å². The topological polar surface area (TPSA) is 126 Å². The van der Waals surface area contributed by atoms with Gasteiger partial charge >= 0.3 is 0 Å². The average molecular weight is 464 g/mol. The molecular weight excluding hydrogens is 434 g/mol. The quantitative estimate of drug-likeness (QED) is 0.316. The van der Waals surface area contributed by atoms with Crippen molar-refractivity contribution in [3.05, 3.63) is 41.3 Å². The second kappa shape index (κ2) is 9.70. The third kappa shape index (κ3) is 4.55. The fraction of sp³-hybridized carbons (Fsp3) is 0.375. The third-order valence-electron chi connectivity index (χ3n) is 5.96. The van der Waals surface area contributed by atoms with Crippen LogP contribution in [0.4, 0.5) is 0 Å². The van der Waals surface area contributed by atoms with Gasteiger partial charge in [-0.15, -0.1) is 5.10 Å². The minimum atomic E-state index is -0.0648. The van der Waals surface area contributed by atoms with Crippen molar-refractivity contribution in [1.82, 2.24) is 35.5 Å². The van der Waals surface area contributed by atoms with Crippen LogP contribution in [0, 0.1) is 6.92 Å². The van der Waals surface area contributed by atoms with Crippen molar-refractivity contribution in [2.24, 2.45) is 7.05 Å². The van der Waals surface area contributed by atoms with E-state index in [2.05, 4.69) is 36.9 Å². The second-order valence-electron chi connectivity index (χ2n) is 8.45. The first-order chi connectivity index (χ1) is 16.6. The number of β-amino-alcohol motifs (C(OH)–C–C–N with tert-alkyl or cyclic N) is 1. The molecule has 2 bridgehead atoms. The highest BCUT2D eigenvalue weighted by Crippen LogP contribution is 2.33. The van der Waals surface area contributed by atoms with Gasteiger partial charge in [0.2, 0.25) is 11.8 Å². The van der Waals surface area contributed by atoms with Gasteiger partial charge in [-0.1, -0.05) is 6.07 Å². The maximum atomic E-state index is 8.67. The first kappa shape index (κ1) is 22.2. The Morgan fingerprint density at radius 3 is 2.79 bits per heavy atom. The van der Waals surface area contributed by atoms with E-state index in [1.807, 2.05) is 44.5 Å². The first-order valence-electron chi connectivity index (χ1n) is 11.5. The van der Waals surface area contributed by atoms with Crippen molar-refractivity contribution < 1.29 is 14.6 Å². The molecule has 4 N–H and O–H groups in total. The number of ether oxygens (including phenoxy) is 2. The van der Waals surface area contributed by atoms with Gasteiger partial charge in [-0.3, -0.25) is 10.2 Å². The Hall–Kier alpha value is -3.63. The van der Waals surface area contributed by atoms with E-state index >= 15 is 0 Å². The van der Waals surface area contributed by atoms with Crippen LogP contribution in [-0.4, -0.2) is 67.7 Å². The van der Waals surface area contributed by atoms with Gasteiger partial charge in [0, 0.05) is 31.1 Å². The Balaban J connectivity index is 0.000000351. The van der Waals surface area contributed by atoms with Crippen molar-refractivity contribution in [3.8, 4) is 22.9 Å². The van der Waals surface area contributed by atoms with Crippen molar-refractivity contribution in [2.75, 3.05) is 26.3 Å². The smallest absolute Gasteiger partial charge is 0.240 e. The number of hydrogen-bond acceptors (Lipinski definition) is 7. The van der Waals surface area contributed by atoms with E-state index in [0.29, 0.717) is 19.1 Å². The molecule has 1 aromatic carbocycles. The van der Waals surface area contributed by atoms with E-state index in [0.717, 1.165) is 70.8 Å². The van der Waals surface area contributed by atoms with Gasteiger partial charge in [0.15, 0.2) is 0 Å². The standard InChI is InChI=1S/C20H20N6O2.C4H9NO/c1-12-14-5-7-18-15-10-13(4-6-17(15)23-24-18)16-11-21-26(2)20(16)28-9-3-8-27-19(14)25-22-12;6-4-1-2-5-3-4/h4-7,10-11H,3,8-9H2,1-2H3,(H,22,25)(H,23,24);4-6H,1-3H2/b7-5+;. The lowest BCUT2D eigenvalue weighted by atomic mass is 10.1. The number of aromatic nitrogens is 6. The highest BCUT2D eigenvalue weighted by Gasteiger charge is 2.15. The summed E-state index contributed by atoms with van der Waals surface area (Å²) in [5, 5.41) is 31.9. The summed E-state index contributed by atoms with van der Waals surface area (Å²) in [5.41, 5.74) is 5.71. The molecule has 0 amide bonds. The first-order valence-corrected chi connectivity index (χ1v) is 11.5. The summed E-state index contributed by atoms with van der Waals surface area (Å²) in [6, 6.07) is 6.16. The summed E-state index contributed by atoms with van der Waals surface area (Å²) in [4.78, 5) is 0. The van der Waals surface area contributed by atoms with Gasteiger partial charge in [0.05, 0.1) is 47.9 Å². The van der Waals surface area contributed by atoms with E-state index in [4.69, 9.17) is 14.6 Å². The Labute approximate surface area is 197 Å². The monoisotopic (exact) mass is 463 g/mol. The number of nitrogens with zero attached hydrogens (tertiary/aromatic N) is 4. The molecule has 4 aromatic rings. The Kier molecular flexibility index (Phi) is 6.33. The molecule has 1 unspecified atom stereocenters. The van der Waals surface area contributed by atoms with E-state index < -0.39 is 0 Å². The van der Waals surface area contributed by atoms with Crippen molar-refractivity contribution >= 4 is 23.1 Å². The Morgan fingerprint density at radius 2 is 2.00 bits per heavy atom. The molecule has 5 heterocycles. The molecule has 1 fully saturated rings. The molecule has 10 heteroatoms. The molecular formula is C24H29N7O3. The average Bonchev–Trinajstić information content (AvgIpc) is 3.62. The molecule has 3 aromatic heterocycles. The van der Waals surface area contributed by atoms with Crippen LogP contribution in [-0.2, 0) is 7.05 Å². The lowest BCUT2D eigenvalue weighted by molar-refractivity contribution is 0.196. The third-order valence-corrected chi connectivity index (χ3v) is 5.96. The Morgan fingerprint density at radius 1 is 1.12 bits per heavy atom. The normalized spacial score (nSPS) is 18.6. The van der Waals surface area contributed by atoms with Gasteiger partial charge < -0.3 is 19.9 Å². The molecule has 0 aliphatic carbocycles. The van der Waals surface area contributed by atoms with Gasteiger partial charge in [-0.25, -0.2) is 4.68 Å². The number of hydrogen-bond donors (Lipinski definition) is 4. The van der Waals surface area contributed by atoms with Gasteiger partial charge in [0.25, 0.3) is 0 Å². The van der Waals surface area contributed by atoms with E-state index in [1.165, 1.54) is 0 Å².